The maximum atomic E-state index is 10.1. The smallest absolute Gasteiger partial charge is 0.550 e. The molecule has 0 aromatic rings. The average molecular weight is 296 g/mol. The molecule has 0 aromatic heterocycles. The molecule has 1 atom stereocenters. The Balaban J connectivity index is 0. The van der Waals surface area contributed by atoms with Gasteiger partial charge in [0, 0.05) is 5.97 Å². The molecule has 4 nitrogen and oxygen atoms in total. The summed E-state index contributed by atoms with van der Waals surface area (Å²) >= 11 is 1.67. The van der Waals surface area contributed by atoms with Crippen LogP contribution in [0.5, 0.6) is 0 Å². The third kappa shape index (κ3) is 9.22. The van der Waals surface area contributed by atoms with Gasteiger partial charge < -0.3 is 15.0 Å². The maximum absolute atomic E-state index is 10.1. The Labute approximate surface area is 120 Å². The van der Waals surface area contributed by atoms with E-state index in [0.717, 1.165) is 0 Å². The van der Waals surface area contributed by atoms with Gasteiger partial charge in [0.2, 0.25) is 0 Å². The zero-order chi connectivity index (χ0) is 8.15. The third-order valence-corrected chi connectivity index (χ3v) is 2.03. The second kappa shape index (κ2) is 7.93. The van der Waals surface area contributed by atoms with Gasteiger partial charge in [-0.05, 0) is 12.8 Å². The van der Waals surface area contributed by atoms with Gasteiger partial charge in [-0.1, -0.05) is 22.6 Å². The molecule has 1 unspecified atom stereocenters. The molecule has 0 saturated heterocycles. The van der Waals surface area contributed by atoms with Gasteiger partial charge in [-0.15, -0.1) is 0 Å². The van der Waals surface area contributed by atoms with E-state index in [1.54, 1.807) is 22.6 Å². The Hall–Kier alpha value is 1.31. The van der Waals surface area contributed by atoms with Crippen molar-refractivity contribution in [2.75, 3.05) is 0 Å². The molecular weight excluding hydrogens is 290 g/mol. The fourth-order valence-corrected chi connectivity index (χ4v) is 0.679. The van der Waals surface area contributed by atoms with Crippen LogP contribution in [0.25, 0.3) is 0 Å². The van der Waals surface area contributed by atoms with Crippen LogP contribution in [0, 0.1) is 0 Å². The monoisotopic (exact) mass is 296 g/mol. The van der Waals surface area contributed by atoms with Crippen LogP contribution in [-0.4, -0.2) is 21.0 Å². The number of alkyl halides is 1. The average Bonchev–Trinajstić information content (AvgIpc) is 1.82. The number of halogens is 1. The van der Waals surface area contributed by atoms with Crippen molar-refractivity contribution < 1.29 is 71.2 Å². The van der Waals surface area contributed by atoms with Crippen molar-refractivity contribution in [3.05, 3.63) is 0 Å². The van der Waals surface area contributed by atoms with E-state index in [1.807, 2.05) is 0 Å². The van der Waals surface area contributed by atoms with Crippen LogP contribution in [-0.2, 0) is 9.59 Å². The topological polar surface area (TPSA) is 77.4 Å². The van der Waals surface area contributed by atoms with Crippen molar-refractivity contribution in [2.24, 2.45) is 0 Å². The molecule has 0 aromatic carbocycles. The Morgan fingerprint density at radius 3 is 2.27 bits per heavy atom. The van der Waals surface area contributed by atoms with Crippen molar-refractivity contribution in [3.8, 4) is 0 Å². The van der Waals surface area contributed by atoms with Gasteiger partial charge in [0.25, 0.3) is 0 Å². The summed E-state index contributed by atoms with van der Waals surface area (Å²) in [6, 6.07) is 0. The van der Waals surface area contributed by atoms with Gasteiger partial charge >= 0.3 is 57.4 Å². The first-order valence-corrected chi connectivity index (χ1v) is 3.85. The fourth-order valence-electron chi connectivity index (χ4n) is 0.368. The van der Waals surface area contributed by atoms with Crippen LogP contribution in [0.15, 0.2) is 0 Å². The van der Waals surface area contributed by atoms with E-state index in [2.05, 4.69) is 0 Å². The first-order valence-electron chi connectivity index (χ1n) is 2.60. The standard InChI is InChI=1S/C5H7IO4.K/c6-3(5(9)10)1-2-4(7)8;/h3H,1-2H2,(H,7,8)(H,9,10);/q;+1/p-1. The molecule has 1 N–H and O–H groups in total. The molecule has 0 radical (unpaired) electrons. The minimum Gasteiger partial charge on any atom is -0.550 e. The summed E-state index contributed by atoms with van der Waals surface area (Å²) < 4.78 is -0.629. The number of hydrogen-bond donors (Lipinski definition) is 1. The quantitative estimate of drug-likeness (QED) is 0.330. The molecule has 6 heteroatoms. The number of aliphatic carboxylic acids is 2. The van der Waals surface area contributed by atoms with Crippen LogP contribution in [0.4, 0.5) is 0 Å². The summed E-state index contributed by atoms with van der Waals surface area (Å²) in [5, 5.41) is 18.1. The molecule has 0 saturated carbocycles. The van der Waals surface area contributed by atoms with E-state index in [4.69, 9.17) is 5.11 Å². The molecule has 0 amide bonds. The normalized spacial score (nSPS) is 11.4. The molecule has 0 rings (SSSR count). The van der Waals surface area contributed by atoms with Gasteiger partial charge in [0.15, 0.2) is 0 Å². The van der Waals surface area contributed by atoms with Crippen LogP contribution < -0.4 is 56.5 Å². The van der Waals surface area contributed by atoms with E-state index >= 15 is 0 Å². The number of hydrogen-bond acceptors (Lipinski definition) is 3. The molecule has 0 aliphatic rings. The van der Waals surface area contributed by atoms with Crippen molar-refractivity contribution in [1.82, 2.24) is 0 Å². The van der Waals surface area contributed by atoms with Gasteiger partial charge in [-0.3, -0.25) is 4.79 Å². The van der Waals surface area contributed by atoms with Gasteiger partial charge in [0.1, 0.15) is 3.92 Å². The number of rotatable bonds is 4. The molecule has 0 fully saturated rings. The molecule has 58 valence electrons. The summed E-state index contributed by atoms with van der Waals surface area (Å²) in [6.45, 7) is 0. The first-order chi connectivity index (χ1) is 4.54. The molecule has 0 heterocycles. The Kier molecular flexibility index (Phi) is 10.7. The van der Waals surface area contributed by atoms with Crippen molar-refractivity contribution in [1.29, 1.82) is 0 Å². The second-order valence-electron chi connectivity index (χ2n) is 1.72. The van der Waals surface area contributed by atoms with Crippen LogP contribution in [0.2, 0.25) is 0 Å². The van der Waals surface area contributed by atoms with Crippen molar-refractivity contribution in [3.63, 3.8) is 0 Å². The number of carbonyl (C=O) groups is 2. The summed E-state index contributed by atoms with van der Waals surface area (Å²) in [6.07, 6.45) is -0.0713. The van der Waals surface area contributed by atoms with Crippen LogP contribution in [0.1, 0.15) is 12.8 Å². The Morgan fingerprint density at radius 1 is 1.55 bits per heavy atom. The molecule has 0 bridgehead atoms. The summed E-state index contributed by atoms with van der Waals surface area (Å²) in [5.74, 6) is -2.19. The molecule has 0 aliphatic carbocycles. The van der Waals surface area contributed by atoms with Crippen LogP contribution in [0.3, 0.4) is 0 Å². The second-order valence-corrected chi connectivity index (χ2v) is 3.22. The fraction of sp³-hybridized carbons (Fsp3) is 0.600. The van der Waals surface area contributed by atoms with Crippen LogP contribution >= 0.6 is 22.6 Å². The molecular formula is C5H6IKO4. The third-order valence-electron chi connectivity index (χ3n) is 0.870. The Morgan fingerprint density at radius 2 is 2.00 bits per heavy atom. The van der Waals surface area contributed by atoms with Gasteiger partial charge in [-0.2, -0.15) is 0 Å². The minimum absolute atomic E-state index is 0. The Bertz CT molecular complexity index is 149. The summed E-state index contributed by atoms with van der Waals surface area (Å²) in [7, 11) is 0. The predicted octanol–water partition coefficient (Wildman–Crippen LogP) is -3.59. The maximum Gasteiger partial charge on any atom is 1.00 e. The molecule has 0 aliphatic heterocycles. The SMILES string of the molecule is O=C([O-])CCC(I)C(=O)O.[K+]. The first kappa shape index (κ1) is 14.8. The zero-order valence-electron chi connectivity index (χ0n) is 6.04. The number of carboxylic acids is 2. The van der Waals surface area contributed by atoms with E-state index < -0.39 is 15.9 Å². The van der Waals surface area contributed by atoms with Gasteiger partial charge in [-0.25, -0.2) is 0 Å². The zero-order valence-corrected chi connectivity index (χ0v) is 11.3. The van der Waals surface area contributed by atoms with Gasteiger partial charge in [0.05, 0.1) is 0 Å². The van der Waals surface area contributed by atoms with Crippen molar-refractivity contribution >= 4 is 34.5 Å². The van der Waals surface area contributed by atoms with E-state index in [1.165, 1.54) is 0 Å². The van der Waals surface area contributed by atoms with E-state index in [-0.39, 0.29) is 64.2 Å². The van der Waals surface area contributed by atoms with E-state index in [9.17, 15) is 14.7 Å². The van der Waals surface area contributed by atoms with E-state index in [0.29, 0.717) is 0 Å². The molecule has 0 spiro atoms. The minimum atomic E-state index is -1.21. The predicted molar refractivity (Wildman–Crippen MR) is 39.7 cm³/mol. The number of carboxylic acid groups (broad SMARTS) is 2. The molecule has 11 heavy (non-hydrogen) atoms. The summed E-state index contributed by atoms with van der Waals surface area (Å²) in [5.41, 5.74) is 0. The number of carbonyl (C=O) groups excluding carboxylic acids is 1. The largest absolute Gasteiger partial charge is 1.00 e. The summed E-state index contributed by atoms with van der Waals surface area (Å²) in [4.78, 5) is 19.9. The van der Waals surface area contributed by atoms with Crippen molar-refractivity contribution in [2.45, 2.75) is 16.8 Å².